The molecule has 2 unspecified atom stereocenters. The number of hydrogen-bond acceptors (Lipinski definition) is 4. The topological polar surface area (TPSA) is 22.0 Å². The minimum absolute atomic E-state index is 0.109. The summed E-state index contributed by atoms with van der Waals surface area (Å²) in [5, 5.41) is 6.78. The highest BCUT2D eigenvalue weighted by molar-refractivity contribution is 7.99. The van der Waals surface area contributed by atoms with E-state index in [2.05, 4.69) is 162 Å². The van der Waals surface area contributed by atoms with Crippen LogP contribution in [0.1, 0.15) is 6.42 Å². The van der Waals surface area contributed by atoms with Gasteiger partial charge in [-0.25, -0.2) is 0 Å². The lowest BCUT2D eigenvalue weighted by molar-refractivity contribution is 0.582. The van der Waals surface area contributed by atoms with Gasteiger partial charge in [-0.05, 0) is 72.1 Å². The van der Waals surface area contributed by atoms with Crippen molar-refractivity contribution in [3.05, 3.63) is 188 Å². The molecule has 2 atom stereocenters. The van der Waals surface area contributed by atoms with Crippen molar-refractivity contribution < 1.29 is 4.57 Å². The molecule has 0 bridgehead atoms. The number of fused-ring (bicyclic) bond motifs is 8. The van der Waals surface area contributed by atoms with Crippen molar-refractivity contribution in [1.82, 2.24) is 4.57 Å². The van der Waals surface area contributed by atoms with E-state index in [1.54, 1.807) is 11.8 Å². The third-order valence-electron chi connectivity index (χ3n) is 11.1. The molecule has 0 saturated carbocycles. The summed E-state index contributed by atoms with van der Waals surface area (Å²) >= 11 is 5.56. The van der Waals surface area contributed by atoms with Crippen LogP contribution in [0.15, 0.2) is 198 Å². The first kappa shape index (κ1) is 33.9. The predicted molar refractivity (Wildman–Crippen MR) is 245 cm³/mol. The zero-order chi connectivity index (χ0) is 37.2. The summed E-state index contributed by atoms with van der Waals surface area (Å²) in [4.78, 5) is 2.37. The van der Waals surface area contributed by atoms with Crippen LogP contribution in [-0.4, -0.2) is 10.2 Å². The summed E-state index contributed by atoms with van der Waals surface area (Å²) in [6.45, 7) is 0. The van der Waals surface area contributed by atoms with E-state index in [0.717, 1.165) is 39.1 Å². The molecular weight excluding hydrogens is 758 g/mol. The summed E-state index contributed by atoms with van der Waals surface area (Å²) in [7, 11) is -3.07. The Hall–Kier alpha value is -5.42. The number of rotatable bonds is 7. The molecule has 0 aliphatic heterocycles. The molecule has 7 aromatic carbocycles. The Morgan fingerprint density at radius 3 is 2.00 bits per heavy atom. The number of allylic oxidation sites excluding steroid dienone is 4. The first-order valence-electron chi connectivity index (χ1n) is 18.9. The van der Waals surface area contributed by atoms with E-state index in [1.165, 1.54) is 55.9 Å². The zero-order valence-electron chi connectivity index (χ0n) is 30.2. The molecular formula is C50H34NOPS3. The SMILES string of the molecule is O=P(c1ccccc1)(c1ccc2c3ccc(-c4ccc5c(c4)sc4c6ccccc6sc54)cc3n(-c3cccc(Sc4ccccc4)c3)c2c1)C1C=CC=CC1. The fourth-order valence-electron chi connectivity index (χ4n) is 8.39. The Morgan fingerprint density at radius 1 is 0.536 bits per heavy atom. The van der Waals surface area contributed by atoms with Gasteiger partial charge >= 0.3 is 0 Å². The summed E-state index contributed by atoms with van der Waals surface area (Å²) in [6, 6.07) is 58.6. The molecule has 56 heavy (non-hydrogen) atoms. The number of aromatic nitrogens is 1. The van der Waals surface area contributed by atoms with Gasteiger partial charge in [0, 0.05) is 62.7 Å². The molecule has 3 heterocycles. The van der Waals surface area contributed by atoms with Crippen LogP contribution >= 0.6 is 41.6 Å². The standard InChI is InChI=1S/C50H34NOPS3/c52-53(36-14-4-1-5-15-36,37-16-6-2-7-17-37)38-25-28-42-41-26-23-33(34-24-27-44-48(30-34)56-49-43-21-10-11-22-47(43)55-50(44)49)29-45(41)51(46(42)32-38)35-13-12-20-40(31-35)54-39-18-8-3-9-19-39/h1-16,18-32,37H,17H2. The molecule has 0 amide bonds. The van der Waals surface area contributed by atoms with Gasteiger partial charge in [-0.1, -0.05) is 145 Å². The van der Waals surface area contributed by atoms with E-state index in [-0.39, 0.29) is 5.66 Å². The van der Waals surface area contributed by atoms with E-state index in [0.29, 0.717) is 0 Å². The molecule has 0 N–H and O–H groups in total. The maximum Gasteiger partial charge on any atom is 0.150 e. The Balaban J connectivity index is 1.12. The van der Waals surface area contributed by atoms with Gasteiger partial charge in [0.25, 0.3) is 0 Å². The maximum atomic E-state index is 15.7. The summed E-state index contributed by atoms with van der Waals surface area (Å²) < 4.78 is 23.5. The van der Waals surface area contributed by atoms with E-state index in [1.807, 2.05) is 53.0 Å². The molecule has 6 heteroatoms. The third kappa shape index (κ3) is 5.56. The van der Waals surface area contributed by atoms with Gasteiger partial charge in [0.05, 0.1) is 20.4 Å². The molecule has 0 radical (unpaired) electrons. The zero-order valence-corrected chi connectivity index (χ0v) is 33.6. The highest BCUT2D eigenvalue weighted by Crippen LogP contribution is 2.52. The van der Waals surface area contributed by atoms with Crippen LogP contribution in [0.5, 0.6) is 0 Å². The van der Waals surface area contributed by atoms with Gasteiger partial charge in [0.15, 0.2) is 0 Å². The third-order valence-corrected chi connectivity index (χ3v) is 18.0. The van der Waals surface area contributed by atoms with Crippen LogP contribution in [0.3, 0.4) is 0 Å². The lowest BCUT2D eigenvalue weighted by Gasteiger charge is -2.27. The first-order valence-corrected chi connectivity index (χ1v) is 23.1. The van der Waals surface area contributed by atoms with E-state index in [4.69, 9.17) is 0 Å². The molecule has 0 fully saturated rings. The van der Waals surface area contributed by atoms with Gasteiger partial charge in [-0.3, -0.25) is 0 Å². The molecule has 0 saturated heterocycles. The molecule has 10 aromatic rings. The van der Waals surface area contributed by atoms with Crippen LogP contribution in [0.4, 0.5) is 0 Å². The first-order chi connectivity index (χ1) is 27.6. The number of hydrogen-bond donors (Lipinski definition) is 0. The van der Waals surface area contributed by atoms with E-state index < -0.39 is 7.14 Å². The van der Waals surface area contributed by atoms with Crippen LogP contribution in [0.2, 0.25) is 0 Å². The van der Waals surface area contributed by atoms with Crippen LogP contribution in [0, 0.1) is 0 Å². The highest BCUT2D eigenvalue weighted by Gasteiger charge is 2.35. The van der Waals surface area contributed by atoms with Gasteiger partial charge in [0.1, 0.15) is 7.14 Å². The van der Waals surface area contributed by atoms with Crippen LogP contribution in [-0.2, 0) is 4.57 Å². The highest BCUT2D eigenvalue weighted by atomic mass is 32.2. The van der Waals surface area contributed by atoms with Crippen molar-refractivity contribution in [3.63, 3.8) is 0 Å². The molecule has 0 spiro atoms. The predicted octanol–water partition coefficient (Wildman–Crippen LogP) is 14.4. The number of nitrogens with zero attached hydrogens (tertiary/aromatic N) is 1. The second-order valence-electron chi connectivity index (χ2n) is 14.4. The fraction of sp³-hybridized carbons (Fsp3) is 0.0400. The quantitative estimate of drug-likeness (QED) is 0.150. The minimum atomic E-state index is -3.07. The van der Waals surface area contributed by atoms with Gasteiger partial charge < -0.3 is 9.13 Å². The van der Waals surface area contributed by atoms with Crippen molar-refractivity contribution in [1.29, 1.82) is 0 Å². The lowest BCUT2D eigenvalue weighted by Crippen LogP contribution is -2.25. The maximum absolute atomic E-state index is 15.7. The smallest absolute Gasteiger partial charge is 0.150 e. The normalized spacial score (nSPS) is 15.4. The van der Waals surface area contributed by atoms with Crippen molar-refractivity contribution in [2.75, 3.05) is 0 Å². The molecule has 3 aromatic heterocycles. The summed E-state index contributed by atoms with van der Waals surface area (Å²) in [5.41, 5.74) is 5.54. The van der Waals surface area contributed by atoms with Crippen LogP contribution in [0.25, 0.3) is 68.2 Å². The van der Waals surface area contributed by atoms with Crippen molar-refractivity contribution in [2.24, 2.45) is 0 Å². The largest absolute Gasteiger partial charge is 0.313 e. The lowest BCUT2D eigenvalue weighted by atomic mass is 10.0. The van der Waals surface area contributed by atoms with Crippen LogP contribution < -0.4 is 10.6 Å². The molecule has 2 nitrogen and oxygen atoms in total. The Morgan fingerprint density at radius 2 is 1.20 bits per heavy atom. The second-order valence-corrected chi connectivity index (χ2v) is 20.6. The monoisotopic (exact) mass is 791 g/mol. The number of thiophene rings is 2. The summed E-state index contributed by atoms with van der Waals surface area (Å²) in [6.07, 6.45) is 9.14. The van der Waals surface area contributed by atoms with E-state index >= 15 is 4.57 Å². The number of benzene rings is 7. The van der Waals surface area contributed by atoms with Gasteiger partial charge in [0.2, 0.25) is 0 Å². The average molecular weight is 792 g/mol. The minimum Gasteiger partial charge on any atom is -0.313 e. The van der Waals surface area contributed by atoms with Crippen molar-refractivity contribution in [2.45, 2.75) is 21.9 Å². The van der Waals surface area contributed by atoms with Gasteiger partial charge in [-0.15, -0.1) is 22.7 Å². The van der Waals surface area contributed by atoms with Crippen molar-refractivity contribution in [3.8, 4) is 16.8 Å². The molecule has 1 aliphatic carbocycles. The second kappa shape index (κ2) is 13.7. The Kier molecular flexibility index (Phi) is 8.26. The van der Waals surface area contributed by atoms with E-state index in [9.17, 15) is 0 Å². The molecule has 1 aliphatic rings. The average Bonchev–Trinajstić information content (AvgIpc) is 3.91. The molecule has 268 valence electrons. The van der Waals surface area contributed by atoms with Gasteiger partial charge in [-0.2, -0.15) is 0 Å². The Bertz CT molecular complexity index is 3240. The Labute approximate surface area is 337 Å². The summed E-state index contributed by atoms with van der Waals surface area (Å²) in [5.74, 6) is 0. The van der Waals surface area contributed by atoms with Crippen molar-refractivity contribution >= 4 is 104 Å². The fourth-order valence-corrected chi connectivity index (χ4v) is 15.0. The molecule has 11 rings (SSSR count).